The van der Waals surface area contributed by atoms with E-state index in [2.05, 4.69) is 17.6 Å². The topological polar surface area (TPSA) is 92.3 Å². The average molecular weight is 479 g/mol. The summed E-state index contributed by atoms with van der Waals surface area (Å²) >= 11 is 0. The Labute approximate surface area is 208 Å². The summed E-state index contributed by atoms with van der Waals surface area (Å²) in [6.45, 7) is 17.9. The highest BCUT2D eigenvalue weighted by molar-refractivity contribution is 6.10. The van der Waals surface area contributed by atoms with Crippen LogP contribution < -0.4 is 10.6 Å². The number of aldehydes is 1. The molecule has 0 radical (unpaired) electrons. The molecule has 1 aromatic rings. The summed E-state index contributed by atoms with van der Waals surface area (Å²) in [6.07, 6.45) is 5.42. The maximum Gasteiger partial charge on any atom is 0.219 e. The Bertz CT molecular complexity index is 700. The molecule has 2 N–H and O–H groups in total. The van der Waals surface area contributed by atoms with Crippen LogP contribution in [0.5, 0.6) is 0 Å². The van der Waals surface area contributed by atoms with Crippen molar-refractivity contribution in [2.75, 3.05) is 18.9 Å². The fraction of sp³-hybridized carbons (Fsp3) is 0.643. The van der Waals surface area contributed by atoms with Gasteiger partial charge in [0.05, 0.1) is 5.56 Å². The Kier molecular flexibility index (Phi) is 25.1. The molecular formula is C28H50N2O4. The second-order valence-electron chi connectivity index (χ2n) is 7.73. The molecule has 0 fully saturated rings. The Morgan fingerprint density at radius 2 is 1.56 bits per heavy atom. The summed E-state index contributed by atoms with van der Waals surface area (Å²) in [6, 6.07) is 5.37. The first kappa shape index (κ1) is 36.1. The maximum atomic E-state index is 11.7. The van der Waals surface area contributed by atoms with Gasteiger partial charge in [-0.1, -0.05) is 73.4 Å². The van der Waals surface area contributed by atoms with Gasteiger partial charge in [-0.05, 0) is 38.7 Å². The number of rotatable bonds is 12. The molecule has 0 saturated carbocycles. The third-order valence-electron chi connectivity index (χ3n) is 4.91. The van der Waals surface area contributed by atoms with Crippen molar-refractivity contribution in [1.29, 1.82) is 0 Å². The van der Waals surface area contributed by atoms with E-state index in [-0.39, 0.29) is 23.4 Å². The van der Waals surface area contributed by atoms with E-state index < -0.39 is 0 Å². The highest BCUT2D eigenvalue weighted by Crippen LogP contribution is 2.21. The van der Waals surface area contributed by atoms with Gasteiger partial charge in [0.25, 0.3) is 0 Å². The van der Waals surface area contributed by atoms with Crippen LogP contribution in [-0.4, -0.2) is 37.4 Å². The molecule has 0 aromatic heterocycles. The molecular weight excluding hydrogens is 428 g/mol. The first-order valence-corrected chi connectivity index (χ1v) is 12.7. The van der Waals surface area contributed by atoms with Crippen LogP contribution in [-0.2, 0) is 9.59 Å². The number of hydrogen-bond donors (Lipinski definition) is 2. The molecule has 0 aliphatic heterocycles. The largest absolute Gasteiger partial charge is 0.384 e. The van der Waals surface area contributed by atoms with Crippen LogP contribution in [0.1, 0.15) is 115 Å². The van der Waals surface area contributed by atoms with Crippen LogP contribution in [0.3, 0.4) is 0 Å². The van der Waals surface area contributed by atoms with Crippen molar-refractivity contribution in [2.24, 2.45) is 11.8 Å². The van der Waals surface area contributed by atoms with E-state index in [9.17, 15) is 19.2 Å². The number of amides is 1. The van der Waals surface area contributed by atoms with Gasteiger partial charge in [0.1, 0.15) is 6.29 Å². The van der Waals surface area contributed by atoms with Crippen molar-refractivity contribution in [3.05, 3.63) is 29.3 Å². The molecule has 6 heteroatoms. The average Bonchev–Trinajstić information content (AvgIpc) is 2.84. The Morgan fingerprint density at radius 1 is 0.971 bits per heavy atom. The molecule has 0 saturated heterocycles. The van der Waals surface area contributed by atoms with Crippen LogP contribution in [0.2, 0.25) is 0 Å². The molecule has 1 amide bonds. The van der Waals surface area contributed by atoms with E-state index in [1.807, 2.05) is 53.7 Å². The number of ketones is 2. The van der Waals surface area contributed by atoms with Gasteiger partial charge in [0.2, 0.25) is 5.91 Å². The molecule has 1 aromatic carbocycles. The number of carbonyl (C=O) groups is 4. The lowest BCUT2D eigenvalue weighted by Gasteiger charge is -2.12. The summed E-state index contributed by atoms with van der Waals surface area (Å²) < 4.78 is 0. The summed E-state index contributed by atoms with van der Waals surface area (Å²) in [5.74, 6) is 0.202. The minimum Gasteiger partial charge on any atom is -0.384 e. The molecule has 1 unspecified atom stereocenters. The predicted molar refractivity (Wildman–Crippen MR) is 145 cm³/mol. The molecule has 196 valence electrons. The first-order chi connectivity index (χ1) is 16.2. The first-order valence-electron chi connectivity index (χ1n) is 12.7. The minimum absolute atomic E-state index is 0.00231. The van der Waals surface area contributed by atoms with Gasteiger partial charge in [-0.25, -0.2) is 0 Å². The molecule has 0 heterocycles. The molecule has 1 rings (SSSR count). The van der Waals surface area contributed by atoms with E-state index >= 15 is 0 Å². The normalized spacial score (nSPS) is 10.2. The van der Waals surface area contributed by atoms with E-state index in [1.54, 1.807) is 13.1 Å². The van der Waals surface area contributed by atoms with Crippen LogP contribution in [0.4, 0.5) is 5.69 Å². The van der Waals surface area contributed by atoms with Crippen LogP contribution in [0.25, 0.3) is 0 Å². The molecule has 0 bridgehead atoms. The van der Waals surface area contributed by atoms with Crippen molar-refractivity contribution in [1.82, 2.24) is 5.32 Å². The molecule has 0 spiro atoms. The van der Waals surface area contributed by atoms with Gasteiger partial charge >= 0.3 is 0 Å². The number of benzene rings is 1. The number of anilines is 1. The minimum atomic E-state index is -0.0718. The van der Waals surface area contributed by atoms with Gasteiger partial charge in [-0.2, -0.15) is 0 Å². The summed E-state index contributed by atoms with van der Waals surface area (Å²) in [5.41, 5.74) is 1.79. The van der Waals surface area contributed by atoms with Crippen LogP contribution in [0.15, 0.2) is 18.2 Å². The zero-order valence-corrected chi connectivity index (χ0v) is 23.3. The zero-order chi connectivity index (χ0) is 27.1. The van der Waals surface area contributed by atoms with Crippen molar-refractivity contribution >= 4 is 29.4 Å². The number of hydrogen-bond acceptors (Lipinski definition) is 5. The third-order valence-corrected chi connectivity index (χ3v) is 4.91. The monoisotopic (exact) mass is 478 g/mol. The highest BCUT2D eigenvalue weighted by atomic mass is 16.1. The smallest absolute Gasteiger partial charge is 0.219 e. The lowest BCUT2D eigenvalue weighted by Crippen LogP contribution is -2.20. The van der Waals surface area contributed by atoms with Crippen molar-refractivity contribution in [3.63, 3.8) is 0 Å². The number of Topliss-reactive ketones (excluding diaryl/α,β-unsaturated/α-hetero) is 2. The zero-order valence-electron chi connectivity index (χ0n) is 23.3. The fourth-order valence-electron chi connectivity index (χ4n) is 2.95. The van der Waals surface area contributed by atoms with E-state index in [4.69, 9.17) is 0 Å². The molecule has 6 nitrogen and oxygen atoms in total. The van der Waals surface area contributed by atoms with E-state index in [1.165, 1.54) is 13.8 Å². The number of carbonyl (C=O) groups excluding carboxylic acids is 4. The van der Waals surface area contributed by atoms with Crippen LogP contribution in [0, 0.1) is 11.8 Å². The maximum absolute atomic E-state index is 11.7. The molecule has 34 heavy (non-hydrogen) atoms. The molecule has 1 atom stereocenters. The standard InChI is InChI=1S/C15H21NO2.C9H17NO2.2C2H6/c1-4-5-6-10-16-14-9-7-8-13(11(2)17)15(14)12(3)18;1-7(2)8(6-11)4-5-9(12)10-3;2*1-2/h7-9,16H,4-6,10H2,1-3H3;6-8H,4-5H2,1-3H3,(H,10,12);2*1-2H3. The van der Waals surface area contributed by atoms with E-state index in [0.717, 1.165) is 37.8 Å². The van der Waals surface area contributed by atoms with Gasteiger partial charge in [0, 0.05) is 37.2 Å². The van der Waals surface area contributed by atoms with E-state index in [0.29, 0.717) is 29.9 Å². The van der Waals surface area contributed by atoms with Gasteiger partial charge in [0.15, 0.2) is 11.6 Å². The highest BCUT2D eigenvalue weighted by Gasteiger charge is 2.15. The molecule has 0 aliphatic carbocycles. The summed E-state index contributed by atoms with van der Waals surface area (Å²) in [5, 5.41) is 5.78. The predicted octanol–water partition coefficient (Wildman–Crippen LogP) is 6.73. The molecule has 0 aliphatic rings. The van der Waals surface area contributed by atoms with Crippen molar-refractivity contribution in [3.8, 4) is 0 Å². The van der Waals surface area contributed by atoms with Crippen LogP contribution >= 0.6 is 0 Å². The third kappa shape index (κ3) is 16.2. The van der Waals surface area contributed by atoms with Gasteiger partial charge < -0.3 is 15.4 Å². The fourth-order valence-corrected chi connectivity index (χ4v) is 2.95. The lowest BCUT2D eigenvalue weighted by atomic mass is 9.93. The SMILES string of the molecule is CC.CC.CCCCCNc1cccc(C(C)=O)c1C(C)=O.CNC(=O)CCC(C=O)C(C)C. The number of nitrogens with one attached hydrogen (secondary N) is 2. The van der Waals surface area contributed by atoms with Crippen molar-refractivity contribution < 1.29 is 19.2 Å². The Hall–Kier alpha value is -2.50. The second kappa shape index (κ2) is 23.7. The quantitative estimate of drug-likeness (QED) is 0.197. The van der Waals surface area contributed by atoms with Gasteiger partial charge in [-0.3, -0.25) is 14.4 Å². The summed E-state index contributed by atoms with van der Waals surface area (Å²) in [7, 11) is 1.60. The Morgan fingerprint density at radius 3 is 1.97 bits per heavy atom. The second-order valence-corrected chi connectivity index (χ2v) is 7.73. The summed E-state index contributed by atoms with van der Waals surface area (Å²) in [4.78, 5) is 44.6. The lowest BCUT2D eigenvalue weighted by molar-refractivity contribution is -0.121. The van der Waals surface area contributed by atoms with Crippen molar-refractivity contribution in [2.45, 2.75) is 94.4 Å². The number of unbranched alkanes of at least 4 members (excludes halogenated alkanes) is 2. The Balaban J connectivity index is -0.000000523. The van der Waals surface area contributed by atoms with Gasteiger partial charge in [-0.15, -0.1) is 0 Å².